The molecule has 0 aromatic carbocycles. The van der Waals surface area contributed by atoms with Crippen LogP contribution < -0.4 is 5.32 Å². The highest BCUT2D eigenvalue weighted by Gasteiger charge is 2.28. The molecular formula is C13H29NO. The van der Waals surface area contributed by atoms with E-state index in [9.17, 15) is 5.11 Å². The maximum absolute atomic E-state index is 10.3. The Balaban J connectivity index is 3.82. The minimum atomic E-state index is -0.506. The first-order valence-electron chi connectivity index (χ1n) is 6.37. The molecule has 0 heterocycles. The van der Waals surface area contributed by atoms with Crippen molar-refractivity contribution in [2.45, 2.75) is 59.5 Å². The zero-order valence-corrected chi connectivity index (χ0v) is 11.1. The lowest BCUT2D eigenvalue weighted by Crippen LogP contribution is -2.37. The van der Waals surface area contributed by atoms with Crippen LogP contribution in [-0.2, 0) is 0 Å². The summed E-state index contributed by atoms with van der Waals surface area (Å²) < 4.78 is 0. The maximum atomic E-state index is 10.3. The van der Waals surface area contributed by atoms with Crippen LogP contribution in [0.5, 0.6) is 0 Å². The lowest BCUT2D eigenvalue weighted by molar-refractivity contribution is -0.0117. The molecule has 0 spiro atoms. The Morgan fingerprint density at radius 3 is 2.13 bits per heavy atom. The lowest BCUT2D eigenvalue weighted by Gasteiger charge is -2.32. The monoisotopic (exact) mass is 215 g/mol. The Kier molecular flexibility index (Phi) is 7.20. The van der Waals surface area contributed by atoms with Crippen molar-refractivity contribution < 1.29 is 5.11 Å². The van der Waals surface area contributed by atoms with Crippen LogP contribution in [0.1, 0.15) is 53.9 Å². The van der Waals surface area contributed by atoms with E-state index in [0.717, 1.165) is 32.4 Å². The molecule has 15 heavy (non-hydrogen) atoms. The van der Waals surface area contributed by atoms with E-state index in [2.05, 4.69) is 33.0 Å². The van der Waals surface area contributed by atoms with Crippen molar-refractivity contribution in [1.82, 2.24) is 5.32 Å². The number of hydrogen-bond acceptors (Lipinski definition) is 2. The minimum absolute atomic E-state index is 0.429. The summed E-state index contributed by atoms with van der Waals surface area (Å²) in [6.07, 6.45) is 2.98. The van der Waals surface area contributed by atoms with Gasteiger partial charge >= 0.3 is 0 Å². The molecule has 2 nitrogen and oxygen atoms in total. The van der Waals surface area contributed by atoms with Crippen LogP contribution in [0, 0.1) is 11.8 Å². The van der Waals surface area contributed by atoms with Gasteiger partial charge in [-0.15, -0.1) is 0 Å². The molecule has 1 unspecified atom stereocenters. The Bertz CT molecular complexity index is 151. The Labute approximate surface area is 95.5 Å². The molecule has 2 N–H and O–H groups in total. The highest BCUT2D eigenvalue weighted by atomic mass is 16.3. The van der Waals surface area contributed by atoms with Gasteiger partial charge in [0.15, 0.2) is 0 Å². The molecule has 0 rings (SSSR count). The van der Waals surface area contributed by atoms with E-state index >= 15 is 0 Å². The SMILES string of the molecule is CCC(CC)C(C)(O)CCNCC(C)C. The van der Waals surface area contributed by atoms with Crippen molar-refractivity contribution in [3.8, 4) is 0 Å². The molecule has 2 heteroatoms. The van der Waals surface area contributed by atoms with Crippen LogP contribution in [0.4, 0.5) is 0 Å². The summed E-state index contributed by atoms with van der Waals surface area (Å²) in [5.41, 5.74) is -0.506. The van der Waals surface area contributed by atoms with Gasteiger partial charge in [0.05, 0.1) is 5.60 Å². The van der Waals surface area contributed by atoms with Crippen LogP contribution in [0.3, 0.4) is 0 Å². The first-order valence-corrected chi connectivity index (χ1v) is 6.37. The van der Waals surface area contributed by atoms with E-state index in [-0.39, 0.29) is 0 Å². The second-order valence-electron chi connectivity index (χ2n) is 5.22. The highest BCUT2D eigenvalue weighted by Crippen LogP contribution is 2.26. The maximum Gasteiger partial charge on any atom is 0.0659 e. The molecule has 0 amide bonds. The van der Waals surface area contributed by atoms with Crippen molar-refractivity contribution >= 4 is 0 Å². The standard InChI is InChI=1S/C13H29NO/c1-6-12(7-2)13(5,15)8-9-14-10-11(3)4/h11-12,14-15H,6-10H2,1-5H3. The highest BCUT2D eigenvalue weighted by molar-refractivity contribution is 4.81. The smallest absolute Gasteiger partial charge is 0.0659 e. The molecule has 0 aliphatic heterocycles. The predicted octanol–water partition coefficient (Wildman–Crippen LogP) is 2.81. The van der Waals surface area contributed by atoms with Crippen molar-refractivity contribution in [3.63, 3.8) is 0 Å². The van der Waals surface area contributed by atoms with Crippen LogP contribution in [0.15, 0.2) is 0 Å². The van der Waals surface area contributed by atoms with E-state index in [1.54, 1.807) is 0 Å². The van der Waals surface area contributed by atoms with Crippen LogP contribution in [0.2, 0.25) is 0 Å². The summed E-state index contributed by atoms with van der Waals surface area (Å²) in [6.45, 7) is 12.6. The molecule has 0 bridgehead atoms. The summed E-state index contributed by atoms with van der Waals surface area (Å²) in [5.74, 6) is 1.11. The molecule has 1 atom stereocenters. The zero-order chi connectivity index (χ0) is 11.9. The van der Waals surface area contributed by atoms with E-state index in [0.29, 0.717) is 11.8 Å². The predicted molar refractivity (Wildman–Crippen MR) is 67.0 cm³/mol. The summed E-state index contributed by atoms with van der Waals surface area (Å²) in [4.78, 5) is 0. The number of hydrogen-bond donors (Lipinski definition) is 2. The molecule has 0 aromatic heterocycles. The van der Waals surface area contributed by atoms with Gasteiger partial charge < -0.3 is 10.4 Å². The molecular weight excluding hydrogens is 186 g/mol. The number of nitrogens with one attached hydrogen (secondary N) is 1. The molecule has 0 aliphatic carbocycles. The van der Waals surface area contributed by atoms with Crippen molar-refractivity contribution in [2.75, 3.05) is 13.1 Å². The third kappa shape index (κ3) is 6.16. The first kappa shape index (κ1) is 14.9. The topological polar surface area (TPSA) is 32.3 Å². The van der Waals surface area contributed by atoms with Gasteiger partial charge in [-0.05, 0) is 38.3 Å². The van der Waals surface area contributed by atoms with Crippen molar-refractivity contribution in [1.29, 1.82) is 0 Å². The fourth-order valence-corrected chi connectivity index (χ4v) is 2.10. The van der Waals surface area contributed by atoms with Gasteiger partial charge in [-0.2, -0.15) is 0 Å². The van der Waals surface area contributed by atoms with E-state index < -0.39 is 5.60 Å². The fourth-order valence-electron chi connectivity index (χ4n) is 2.10. The fraction of sp³-hybridized carbons (Fsp3) is 1.00. The van der Waals surface area contributed by atoms with Gasteiger partial charge in [0.1, 0.15) is 0 Å². The minimum Gasteiger partial charge on any atom is -0.390 e. The normalized spacial score (nSPS) is 16.0. The molecule has 0 saturated carbocycles. The Morgan fingerprint density at radius 2 is 1.73 bits per heavy atom. The van der Waals surface area contributed by atoms with E-state index in [1.165, 1.54) is 0 Å². The second-order valence-corrected chi connectivity index (χ2v) is 5.22. The molecule has 92 valence electrons. The number of aliphatic hydroxyl groups is 1. The van der Waals surface area contributed by atoms with Crippen LogP contribution in [-0.4, -0.2) is 23.8 Å². The Morgan fingerprint density at radius 1 is 1.20 bits per heavy atom. The lowest BCUT2D eigenvalue weighted by atomic mass is 9.82. The molecule has 0 aromatic rings. The summed E-state index contributed by atoms with van der Waals surface area (Å²) in [6, 6.07) is 0. The van der Waals surface area contributed by atoms with Gasteiger partial charge in [0.25, 0.3) is 0 Å². The number of rotatable bonds is 8. The second kappa shape index (κ2) is 7.24. The summed E-state index contributed by atoms with van der Waals surface area (Å²) in [7, 11) is 0. The average Bonchev–Trinajstić information content (AvgIpc) is 2.14. The third-order valence-corrected chi connectivity index (χ3v) is 3.23. The summed E-state index contributed by atoms with van der Waals surface area (Å²) >= 11 is 0. The van der Waals surface area contributed by atoms with Gasteiger partial charge in [-0.25, -0.2) is 0 Å². The zero-order valence-electron chi connectivity index (χ0n) is 11.1. The Hall–Kier alpha value is -0.0800. The van der Waals surface area contributed by atoms with Gasteiger partial charge in [0, 0.05) is 0 Å². The van der Waals surface area contributed by atoms with E-state index in [4.69, 9.17) is 0 Å². The third-order valence-electron chi connectivity index (χ3n) is 3.23. The largest absolute Gasteiger partial charge is 0.390 e. The quantitative estimate of drug-likeness (QED) is 0.610. The first-order chi connectivity index (χ1) is 6.94. The van der Waals surface area contributed by atoms with Crippen LogP contribution in [0.25, 0.3) is 0 Å². The van der Waals surface area contributed by atoms with Crippen LogP contribution >= 0.6 is 0 Å². The summed E-state index contributed by atoms with van der Waals surface area (Å²) in [5, 5.41) is 13.7. The molecule has 0 radical (unpaired) electrons. The van der Waals surface area contributed by atoms with Crippen molar-refractivity contribution in [3.05, 3.63) is 0 Å². The molecule has 0 saturated heterocycles. The average molecular weight is 215 g/mol. The van der Waals surface area contributed by atoms with Crippen molar-refractivity contribution in [2.24, 2.45) is 11.8 Å². The molecule has 0 aliphatic rings. The van der Waals surface area contributed by atoms with Gasteiger partial charge in [-0.3, -0.25) is 0 Å². The van der Waals surface area contributed by atoms with E-state index in [1.807, 2.05) is 6.92 Å². The molecule has 0 fully saturated rings. The van der Waals surface area contributed by atoms with Gasteiger partial charge in [0.2, 0.25) is 0 Å². The van der Waals surface area contributed by atoms with Gasteiger partial charge in [-0.1, -0.05) is 40.5 Å².